The van der Waals surface area contributed by atoms with Gasteiger partial charge in [0.1, 0.15) is 11.3 Å². The van der Waals surface area contributed by atoms with Crippen LogP contribution in [0.1, 0.15) is 5.01 Å². The minimum atomic E-state index is -0.901. The van der Waals surface area contributed by atoms with Gasteiger partial charge in [-0.25, -0.2) is 4.98 Å². The molecule has 1 aliphatic rings. The topological polar surface area (TPSA) is 59.1 Å². The number of carbonyl (C=O) groups excluding carboxylic acids is 2. The summed E-state index contributed by atoms with van der Waals surface area (Å²) in [6.07, 6.45) is 6.22. The van der Waals surface area contributed by atoms with E-state index in [-0.39, 0.29) is 12.5 Å². The molecule has 0 saturated heterocycles. The number of rotatable bonds is 4. The van der Waals surface area contributed by atoms with Crippen molar-refractivity contribution in [2.24, 2.45) is 0 Å². The van der Waals surface area contributed by atoms with Crippen molar-refractivity contribution in [1.82, 2.24) is 10.3 Å². The lowest BCUT2D eigenvalue weighted by molar-refractivity contribution is -0.123. The van der Waals surface area contributed by atoms with Gasteiger partial charge in [0.2, 0.25) is 5.91 Å². The molecule has 0 bridgehead atoms. The Morgan fingerprint density at radius 3 is 2.90 bits per heavy atom. The van der Waals surface area contributed by atoms with E-state index in [0.717, 1.165) is 15.2 Å². The van der Waals surface area contributed by atoms with Crippen LogP contribution in [0, 0.1) is 0 Å². The molecule has 4 nitrogen and oxygen atoms in total. The van der Waals surface area contributed by atoms with E-state index in [0.29, 0.717) is 6.29 Å². The number of aldehydes is 1. The van der Waals surface area contributed by atoms with Gasteiger partial charge in [0.25, 0.3) is 0 Å². The molecule has 2 heterocycles. The number of nitrogens with one attached hydrogen (secondary N) is 1. The fraction of sp³-hybridized carbons (Fsp3) is 0.133. The van der Waals surface area contributed by atoms with E-state index in [2.05, 4.69) is 10.3 Å². The Morgan fingerprint density at radius 2 is 2.19 bits per heavy atom. The molecule has 0 spiro atoms. The van der Waals surface area contributed by atoms with Gasteiger partial charge in [-0.15, -0.1) is 23.1 Å². The molecular weight excluding hydrogens is 304 g/mol. The zero-order valence-electron chi connectivity index (χ0n) is 11.0. The van der Waals surface area contributed by atoms with E-state index in [4.69, 9.17) is 0 Å². The second-order valence-corrected chi connectivity index (χ2v) is 6.59. The average molecular weight is 316 g/mol. The van der Waals surface area contributed by atoms with Crippen LogP contribution in [0.3, 0.4) is 0 Å². The molecule has 1 aliphatic heterocycles. The first kappa shape index (κ1) is 14.0. The van der Waals surface area contributed by atoms with E-state index in [1.165, 1.54) is 23.1 Å². The monoisotopic (exact) mass is 316 g/mol. The summed E-state index contributed by atoms with van der Waals surface area (Å²) >= 11 is 2.89. The minimum absolute atomic E-state index is 0.00356. The summed E-state index contributed by atoms with van der Waals surface area (Å²) in [5, 5.41) is 5.23. The van der Waals surface area contributed by atoms with Gasteiger partial charge in [-0.05, 0) is 17.5 Å². The number of fused-ring (bicyclic) bond motifs is 1. The van der Waals surface area contributed by atoms with Gasteiger partial charge in [-0.2, -0.15) is 0 Å². The third-order valence-electron chi connectivity index (χ3n) is 3.07. The second-order valence-electron chi connectivity index (χ2n) is 4.40. The molecule has 1 aromatic carbocycles. The van der Waals surface area contributed by atoms with Crippen LogP contribution in [0.2, 0.25) is 0 Å². The second kappa shape index (κ2) is 5.83. The molecule has 0 radical (unpaired) electrons. The lowest BCUT2D eigenvalue weighted by atomic mass is 10.1. The number of thiazole rings is 1. The summed E-state index contributed by atoms with van der Waals surface area (Å²) in [7, 11) is 0. The van der Waals surface area contributed by atoms with Crippen LogP contribution in [0.25, 0.3) is 10.2 Å². The fourth-order valence-corrected chi connectivity index (χ4v) is 4.23. The summed E-state index contributed by atoms with van der Waals surface area (Å²) in [4.78, 5) is 27.7. The molecule has 3 rings (SSSR count). The Labute approximate surface area is 130 Å². The van der Waals surface area contributed by atoms with Crippen molar-refractivity contribution in [2.45, 2.75) is 4.75 Å². The number of carbonyl (C=O) groups is 2. The molecule has 2 aromatic rings. The highest BCUT2D eigenvalue weighted by Gasteiger charge is 2.41. The predicted octanol–water partition coefficient (Wildman–Crippen LogP) is 2.62. The number of allylic oxidation sites excluding steroid dienone is 2. The number of benzene rings is 1. The van der Waals surface area contributed by atoms with Gasteiger partial charge in [0, 0.05) is 0 Å². The van der Waals surface area contributed by atoms with Crippen molar-refractivity contribution in [3.63, 3.8) is 0 Å². The number of nitrogens with zero attached hydrogens (tertiary/aromatic N) is 1. The van der Waals surface area contributed by atoms with Crippen LogP contribution in [-0.2, 0) is 14.3 Å². The summed E-state index contributed by atoms with van der Waals surface area (Å²) in [6.45, 7) is 0.00356. The normalized spacial score (nSPS) is 20.6. The first-order valence-corrected chi connectivity index (χ1v) is 8.06. The van der Waals surface area contributed by atoms with E-state index in [9.17, 15) is 9.59 Å². The van der Waals surface area contributed by atoms with E-state index in [1.807, 2.05) is 47.9 Å². The smallest absolute Gasteiger partial charge is 0.247 e. The Balaban J connectivity index is 2.06. The Bertz CT molecular complexity index is 718. The van der Waals surface area contributed by atoms with E-state index < -0.39 is 4.75 Å². The molecule has 0 saturated carbocycles. The maximum Gasteiger partial charge on any atom is 0.247 e. The summed E-state index contributed by atoms with van der Waals surface area (Å²) < 4.78 is 0.139. The van der Waals surface area contributed by atoms with Crippen LogP contribution in [0.5, 0.6) is 0 Å². The van der Waals surface area contributed by atoms with Gasteiger partial charge < -0.3 is 10.1 Å². The molecule has 0 fully saturated rings. The van der Waals surface area contributed by atoms with Crippen LogP contribution in [0.4, 0.5) is 0 Å². The molecule has 0 aliphatic carbocycles. The van der Waals surface area contributed by atoms with E-state index in [1.54, 1.807) is 0 Å². The maximum absolute atomic E-state index is 12.5. The Kier molecular flexibility index (Phi) is 3.90. The SMILES string of the molecule is O=CCNC(=O)C1(c2nc3ccccc3s2)C=CC=CS1. The molecule has 1 N–H and O–H groups in total. The van der Waals surface area contributed by atoms with Crippen LogP contribution < -0.4 is 5.32 Å². The quantitative estimate of drug-likeness (QED) is 0.881. The summed E-state index contributed by atoms with van der Waals surface area (Å²) in [5.41, 5.74) is 0.878. The number of hydrogen-bond donors (Lipinski definition) is 1. The van der Waals surface area contributed by atoms with Crippen LogP contribution >= 0.6 is 23.1 Å². The predicted molar refractivity (Wildman–Crippen MR) is 86.2 cm³/mol. The standard InChI is InChI=1S/C15H12N2O2S2/c18-9-8-16-13(19)15(7-3-4-10-20-15)14-17-11-5-1-2-6-12(11)21-14/h1-7,9-10H,8H2,(H,16,19). The lowest BCUT2D eigenvalue weighted by Crippen LogP contribution is -2.41. The van der Waals surface area contributed by atoms with Crippen molar-refractivity contribution >= 4 is 45.5 Å². The molecule has 1 unspecified atom stereocenters. The van der Waals surface area contributed by atoms with Crippen molar-refractivity contribution < 1.29 is 9.59 Å². The van der Waals surface area contributed by atoms with Crippen molar-refractivity contribution in [3.05, 3.63) is 52.9 Å². The zero-order chi connectivity index (χ0) is 14.7. The average Bonchev–Trinajstić information content (AvgIpc) is 2.97. The van der Waals surface area contributed by atoms with Crippen LogP contribution in [0.15, 0.2) is 47.9 Å². The summed E-state index contributed by atoms with van der Waals surface area (Å²) in [6, 6.07) is 7.79. The highest BCUT2D eigenvalue weighted by Crippen LogP contribution is 2.44. The molecular formula is C15H12N2O2S2. The number of aromatic nitrogens is 1. The highest BCUT2D eigenvalue weighted by molar-refractivity contribution is 8.04. The van der Waals surface area contributed by atoms with Gasteiger partial charge >= 0.3 is 0 Å². The van der Waals surface area contributed by atoms with E-state index >= 15 is 0 Å². The van der Waals surface area contributed by atoms with Gasteiger partial charge in [-0.3, -0.25) is 4.79 Å². The number of para-hydroxylation sites is 1. The summed E-state index contributed by atoms with van der Waals surface area (Å²) in [5.74, 6) is -0.223. The minimum Gasteiger partial charge on any atom is -0.347 e. The highest BCUT2D eigenvalue weighted by atomic mass is 32.2. The fourth-order valence-electron chi connectivity index (χ4n) is 2.07. The number of hydrogen-bond acceptors (Lipinski definition) is 5. The van der Waals surface area contributed by atoms with Gasteiger partial charge in [0.15, 0.2) is 4.75 Å². The first-order valence-electron chi connectivity index (χ1n) is 6.36. The van der Waals surface area contributed by atoms with Gasteiger partial charge in [0.05, 0.1) is 16.8 Å². The largest absolute Gasteiger partial charge is 0.347 e. The van der Waals surface area contributed by atoms with Crippen molar-refractivity contribution in [3.8, 4) is 0 Å². The zero-order valence-corrected chi connectivity index (χ0v) is 12.6. The van der Waals surface area contributed by atoms with Gasteiger partial charge in [-0.1, -0.05) is 30.4 Å². The van der Waals surface area contributed by atoms with Crippen molar-refractivity contribution in [2.75, 3.05) is 6.54 Å². The Morgan fingerprint density at radius 1 is 1.33 bits per heavy atom. The molecule has 1 amide bonds. The third-order valence-corrected chi connectivity index (χ3v) is 5.55. The number of thioether (sulfide) groups is 1. The first-order chi connectivity index (χ1) is 10.3. The Hall–Kier alpha value is -1.92. The number of amides is 1. The third kappa shape index (κ3) is 2.52. The maximum atomic E-state index is 12.5. The van der Waals surface area contributed by atoms with Crippen molar-refractivity contribution in [1.29, 1.82) is 0 Å². The molecule has 6 heteroatoms. The molecule has 106 valence electrons. The molecule has 21 heavy (non-hydrogen) atoms. The molecule has 1 aromatic heterocycles. The van der Waals surface area contributed by atoms with Crippen LogP contribution in [-0.4, -0.2) is 23.7 Å². The lowest BCUT2D eigenvalue weighted by Gasteiger charge is -2.26. The molecule has 1 atom stereocenters.